The molecule has 0 aromatic heterocycles. The van der Waals surface area contributed by atoms with Gasteiger partial charge in [0.2, 0.25) is 0 Å². The fraction of sp³-hybridized carbons (Fsp3) is 1.00. The number of unbranched alkanes of at least 4 members (excludes halogenated alkanes) is 5. The smallest absolute Gasteiger partial charge is 0.187 e. The average molecular weight is 746 g/mol. The van der Waals surface area contributed by atoms with Crippen LogP contribution in [0.3, 0.4) is 0 Å². The van der Waals surface area contributed by atoms with Gasteiger partial charge in [0.15, 0.2) is 18.4 Å². The Morgan fingerprint density at radius 2 is 1.06 bits per heavy atom. The number of fused-ring (bicyclic) bond motifs is 1. The second-order valence-corrected chi connectivity index (χ2v) is 14.4. The van der Waals surface area contributed by atoms with Gasteiger partial charge >= 0.3 is 0 Å². The second kappa shape index (κ2) is 25.9. The molecule has 0 aliphatic carbocycles. The van der Waals surface area contributed by atoms with Gasteiger partial charge in [0.05, 0.1) is 13.2 Å². The van der Waals surface area contributed by atoms with Gasteiger partial charge in [-0.05, 0) is 57.9 Å². The SMILES string of the molecule is CCCCOCC1O[C@@H](OCCCN=[N+]=[N-])[C@@H](OCCCC)C(OCCCC)[C@@H]1O[C@@H]1OC(COCCCC)[C@@H]2OC(C)(C)OC2[C@@H]1OCCCC. The molecule has 3 saturated heterocycles. The number of nitrogens with zero attached hydrogens (tertiary/aromatic N) is 3. The number of azide groups is 1. The van der Waals surface area contributed by atoms with Crippen molar-refractivity contribution in [3.63, 3.8) is 0 Å². The van der Waals surface area contributed by atoms with E-state index in [9.17, 15) is 0 Å². The summed E-state index contributed by atoms with van der Waals surface area (Å²) in [4.78, 5) is 2.87. The number of hydrogen-bond donors (Lipinski definition) is 0. The van der Waals surface area contributed by atoms with E-state index >= 15 is 0 Å². The van der Waals surface area contributed by atoms with Gasteiger partial charge in [-0.25, -0.2) is 0 Å². The lowest BCUT2D eigenvalue weighted by molar-refractivity contribution is -0.365. The van der Waals surface area contributed by atoms with Gasteiger partial charge in [-0.3, -0.25) is 0 Å². The van der Waals surface area contributed by atoms with Gasteiger partial charge in [-0.15, -0.1) is 0 Å². The third kappa shape index (κ3) is 14.8. The highest BCUT2D eigenvalue weighted by molar-refractivity contribution is 5.00. The van der Waals surface area contributed by atoms with E-state index in [0.717, 1.165) is 64.2 Å². The highest BCUT2D eigenvalue weighted by Crippen LogP contribution is 2.41. The van der Waals surface area contributed by atoms with Crippen molar-refractivity contribution in [1.29, 1.82) is 0 Å². The summed E-state index contributed by atoms with van der Waals surface area (Å²) in [5, 5.41) is 3.66. The lowest BCUT2D eigenvalue weighted by Gasteiger charge is -2.49. The van der Waals surface area contributed by atoms with Crippen LogP contribution in [0.1, 0.15) is 119 Å². The molecule has 0 aromatic carbocycles. The molecule has 10 atom stereocenters. The van der Waals surface area contributed by atoms with E-state index in [0.29, 0.717) is 59.2 Å². The Labute approximate surface area is 313 Å². The molecule has 3 rings (SSSR count). The summed E-state index contributed by atoms with van der Waals surface area (Å²) >= 11 is 0. The lowest BCUT2D eigenvalue weighted by atomic mass is 9.96. The Kier molecular flexibility index (Phi) is 22.5. The Morgan fingerprint density at radius 1 is 0.558 bits per heavy atom. The molecule has 0 bridgehead atoms. The molecule has 3 fully saturated rings. The largest absolute Gasteiger partial charge is 0.379 e. The van der Waals surface area contributed by atoms with Crippen molar-refractivity contribution in [3.8, 4) is 0 Å². The molecule has 3 aliphatic rings. The van der Waals surface area contributed by atoms with Gasteiger partial charge in [0, 0.05) is 51.1 Å². The molecule has 0 spiro atoms. The molecule has 3 aliphatic heterocycles. The number of ether oxygens (including phenoxy) is 11. The standard InChI is InChI=1S/C38H71N3O11/c1-8-13-20-42-26-28-30(32(44-22-15-10-3)34(45-23-16-11-4)36(48-28)47-25-18-19-40-41-39)50-37-35(46-24-17-12-5)33-31(51-38(6,7)52-33)29(49-37)27-43-21-14-9-2/h28-37H,8-27H2,1-7H3/t28?,29?,30-,31+,32?,33?,34+,35+,36-,37+/m1/s1. The van der Waals surface area contributed by atoms with Crippen molar-refractivity contribution >= 4 is 0 Å². The summed E-state index contributed by atoms with van der Waals surface area (Å²) in [5.74, 6) is -0.835. The molecule has 0 radical (unpaired) electrons. The van der Waals surface area contributed by atoms with E-state index in [1.165, 1.54) is 0 Å². The first-order chi connectivity index (χ1) is 25.3. The van der Waals surface area contributed by atoms with Crippen molar-refractivity contribution in [2.75, 3.05) is 59.4 Å². The lowest BCUT2D eigenvalue weighted by Crippen LogP contribution is -2.65. The van der Waals surface area contributed by atoms with Crippen LogP contribution >= 0.6 is 0 Å². The normalized spacial score (nSPS) is 31.4. The quantitative estimate of drug-likeness (QED) is 0.0330. The monoisotopic (exact) mass is 746 g/mol. The molecular formula is C38H71N3O11. The summed E-state index contributed by atoms with van der Waals surface area (Å²) in [7, 11) is 0. The van der Waals surface area contributed by atoms with Crippen molar-refractivity contribution in [2.24, 2.45) is 5.11 Å². The van der Waals surface area contributed by atoms with Crippen molar-refractivity contribution in [2.45, 2.75) is 186 Å². The second-order valence-electron chi connectivity index (χ2n) is 14.4. The van der Waals surface area contributed by atoms with Gasteiger partial charge in [-0.1, -0.05) is 71.8 Å². The van der Waals surface area contributed by atoms with E-state index in [-0.39, 0.29) is 6.61 Å². The molecule has 14 nitrogen and oxygen atoms in total. The van der Waals surface area contributed by atoms with Gasteiger partial charge in [-0.2, -0.15) is 0 Å². The highest BCUT2D eigenvalue weighted by atomic mass is 16.8. The maximum absolute atomic E-state index is 8.76. The molecule has 3 heterocycles. The first-order valence-corrected chi connectivity index (χ1v) is 20.3. The van der Waals surface area contributed by atoms with Crippen molar-refractivity contribution in [1.82, 2.24) is 0 Å². The topological polar surface area (TPSA) is 150 Å². The van der Waals surface area contributed by atoms with Crippen LogP contribution in [0.2, 0.25) is 0 Å². The van der Waals surface area contributed by atoms with E-state index in [1.54, 1.807) is 0 Å². The molecule has 0 N–H and O–H groups in total. The zero-order valence-electron chi connectivity index (χ0n) is 33.2. The maximum atomic E-state index is 8.76. The minimum absolute atomic E-state index is 0.259. The minimum Gasteiger partial charge on any atom is -0.379 e. The summed E-state index contributed by atoms with van der Waals surface area (Å²) < 4.78 is 72.1. The average Bonchev–Trinajstić information content (AvgIpc) is 3.46. The fourth-order valence-corrected chi connectivity index (χ4v) is 6.45. The van der Waals surface area contributed by atoms with Crippen LogP contribution in [0.15, 0.2) is 5.11 Å². The third-order valence-electron chi connectivity index (χ3n) is 9.33. The van der Waals surface area contributed by atoms with Crippen LogP contribution in [-0.4, -0.2) is 127 Å². The summed E-state index contributed by atoms with van der Waals surface area (Å²) in [6.07, 6.45) is 4.08. The minimum atomic E-state index is -0.850. The van der Waals surface area contributed by atoms with Gasteiger partial charge in [0.1, 0.15) is 48.8 Å². The van der Waals surface area contributed by atoms with E-state index < -0.39 is 67.2 Å². The molecule has 14 heteroatoms. The highest BCUT2D eigenvalue weighted by Gasteiger charge is 2.58. The van der Waals surface area contributed by atoms with Crippen LogP contribution in [0.5, 0.6) is 0 Å². The van der Waals surface area contributed by atoms with Gasteiger partial charge < -0.3 is 52.1 Å². The maximum Gasteiger partial charge on any atom is 0.187 e. The Hall–Kier alpha value is -1.13. The third-order valence-corrected chi connectivity index (χ3v) is 9.33. The van der Waals surface area contributed by atoms with Crippen LogP contribution < -0.4 is 0 Å². The molecule has 52 heavy (non-hydrogen) atoms. The van der Waals surface area contributed by atoms with Gasteiger partial charge in [0.25, 0.3) is 0 Å². The summed E-state index contributed by atoms with van der Waals surface area (Å²) in [5.41, 5.74) is 8.76. The molecular weight excluding hydrogens is 674 g/mol. The van der Waals surface area contributed by atoms with E-state index in [2.05, 4.69) is 44.6 Å². The Morgan fingerprint density at radius 3 is 1.65 bits per heavy atom. The van der Waals surface area contributed by atoms with E-state index in [4.69, 9.17) is 57.6 Å². The first kappa shape index (κ1) is 45.3. The fourth-order valence-electron chi connectivity index (χ4n) is 6.45. The zero-order valence-corrected chi connectivity index (χ0v) is 33.2. The Balaban J connectivity index is 2.00. The van der Waals surface area contributed by atoms with Crippen LogP contribution in [0.25, 0.3) is 10.4 Å². The van der Waals surface area contributed by atoms with Crippen molar-refractivity contribution < 1.29 is 52.1 Å². The Bertz CT molecular complexity index is 975. The summed E-state index contributed by atoms with van der Waals surface area (Å²) in [6, 6.07) is 0. The molecule has 304 valence electrons. The van der Waals surface area contributed by atoms with Crippen molar-refractivity contribution in [3.05, 3.63) is 10.4 Å². The van der Waals surface area contributed by atoms with Crippen LogP contribution in [-0.2, 0) is 52.1 Å². The first-order valence-electron chi connectivity index (χ1n) is 20.3. The predicted molar refractivity (Wildman–Crippen MR) is 196 cm³/mol. The molecule has 4 unspecified atom stereocenters. The zero-order chi connectivity index (χ0) is 37.6. The summed E-state index contributed by atoms with van der Waals surface area (Å²) in [6.45, 7) is 18.5. The van der Waals surface area contributed by atoms with Crippen LogP contribution in [0.4, 0.5) is 0 Å². The number of hydrogen-bond acceptors (Lipinski definition) is 12. The predicted octanol–water partition coefficient (Wildman–Crippen LogP) is 7.25. The molecule has 0 saturated carbocycles. The van der Waals surface area contributed by atoms with E-state index in [1.807, 2.05) is 13.8 Å². The van der Waals surface area contributed by atoms with Crippen LogP contribution in [0, 0.1) is 0 Å². The number of rotatable bonds is 29. The molecule has 0 aromatic rings. The molecule has 0 amide bonds.